The Bertz CT molecular complexity index is 60.9. The van der Waals surface area contributed by atoms with Gasteiger partial charge in [-0.05, 0) is 6.42 Å². The molecule has 0 aromatic carbocycles. The van der Waals surface area contributed by atoms with Gasteiger partial charge in [-0.25, -0.2) is 0 Å². The fraction of sp³-hybridized carbons (Fsp3) is 1.00. The molecule has 0 radical (unpaired) electrons. The summed E-state index contributed by atoms with van der Waals surface area (Å²) in [6.07, 6.45) is 2.95. The zero-order valence-corrected chi connectivity index (χ0v) is 6.40. The van der Waals surface area contributed by atoms with E-state index in [1.54, 1.807) is 0 Å². The van der Waals surface area contributed by atoms with Crippen LogP contribution >= 0.6 is 8.69 Å². The molecule has 0 saturated carbocycles. The molecular weight excluding hydrogens is 142 g/mol. The predicted molar refractivity (Wildman–Crippen MR) is 35.7 cm³/mol. The first-order valence-corrected chi connectivity index (χ1v) is 4.15. The molecule has 0 aliphatic carbocycles. The topological polar surface area (TPSA) is 29.5 Å². The van der Waals surface area contributed by atoms with Gasteiger partial charge in [0.1, 0.15) is 0 Å². The summed E-state index contributed by atoms with van der Waals surface area (Å²) in [4.78, 5) is 8.03. The Labute approximate surface area is 56.1 Å². The Hall–Kier alpha value is 0.280. The number of hydrogen-bond acceptors (Lipinski definition) is 2. The molecule has 0 bridgehead atoms. The fourth-order valence-electron chi connectivity index (χ4n) is 0.492. The number of unbranched alkanes of at least 4 members (excludes halogenated alkanes) is 2. The lowest BCUT2D eigenvalue weighted by molar-refractivity contribution is 0.275. The van der Waals surface area contributed by atoms with Crippen molar-refractivity contribution in [2.45, 2.75) is 26.2 Å². The van der Waals surface area contributed by atoms with E-state index in [2.05, 4.69) is 11.4 Å². The van der Waals surface area contributed by atoms with Crippen molar-refractivity contribution in [3.63, 3.8) is 0 Å². The maximum Gasteiger partial charge on any atom is 0.372 e. The predicted octanol–water partition coefficient (Wildman–Crippen LogP) is 2.38. The monoisotopic (exact) mass is 154 g/mol. The minimum absolute atomic E-state index is 0.340. The van der Waals surface area contributed by atoms with Gasteiger partial charge in [0, 0.05) is 0 Å². The highest BCUT2D eigenvalue weighted by molar-refractivity contribution is 7.40. The van der Waals surface area contributed by atoms with Gasteiger partial charge in [-0.2, -0.15) is 4.20 Å². The Morgan fingerprint density at radius 3 is 2.67 bits per heavy atom. The van der Waals surface area contributed by atoms with Crippen LogP contribution in [0.25, 0.3) is 0 Å². The van der Waals surface area contributed by atoms with Crippen LogP contribution in [-0.2, 0) is 4.52 Å². The first kappa shape index (κ1) is 9.28. The third-order valence-electron chi connectivity index (χ3n) is 0.946. The van der Waals surface area contributed by atoms with E-state index >= 15 is 0 Å². The van der Waals surface area contributed by atoms with E-state index in [4.69, 9.17) is 4.89 Å². The summed E-state index contributed by atoms with van der Waals surface area (Å²) in [6, 6.07) is 0. The van der Waals surface area contributed by atoms with Crippen LogP contribution in [0.2, 0.25) is 0 Å². The summed E-state index contributed by atoms with van der Waals surface area (Å²) < 4.78 is 15.8. The van der Waals surface area contributed by atoms with Gasteiger partial charge in [-0.15, -0.1) is 0 Å². The number of rotatable bonds is 5. The number of halogens is 1. The summed E-state index contributed by atoms with van der Waals surface area (Å²) in [5.41, 5.74) is 0. The summed E-state index contributed by atoms with van der Waals surface area (Å²) in [5.74, 6) is 0. The quantitative estimate of drug-likeness (QED) is 0.486. The lowest BCUT2D eigenvalue weighted by atomic mass is 10.3. The van der Waals surface area contributed by atoms with Crippen molar-refractivity contribution in [2.75, 3.05) is 6.61 Å². The highest BCUT2D eigenvalue weighted by Crippen LogP contribution is 2.32. The van der Waals surface area contributed by atoms with Crippen LogP contribution in [0.1, 0.15) is 26.2 Å². The zero-order chi connectivity index (χ0) is 7.11. The van der Waals surface area contributed by atoms with Gasteiger partial charge in [0.2, 0.25) is 0 Å². The standard InChI is InChI=1S/C5H12FO2P/c1-2-3-4-5-8-9(6)7/h7H,2-5H2,1H3. The molecule has 56 valence electrons. The molecule has 1 N–H and O–H groups in total. The third kappa shape index (κ3) is 8.28. The molecule has 0 saturated heterocycles. The van der Waals surface area contributed by atoms with Gasteiger partial charge >= 0.3 is 8.69 Å². The fourth-order valence-corrected chi connectivity index (χ4v) is 0.772. The van der Waals surface area contributed by atoms with E-state index in [1.165, 1.54) is 0 Å². The molecule has 4 heteroatoms. The Balaban J connectivity index is 2.75. The first-order chi connectivity index (χ1) is 4.27. The Morgan fingerprint density at radius 1 is 1.56 bits per heavy atom. The van der Waals surface area contributed by atoms with Crippen LogP contribution in [-0.4, -0.2) is 11.5 Å². The van der Waals surface area contributed by atoms with E-state index in [0.29, 0.717) is 6.61 Å². The van der Waals surface area contributed by atoms with Gasteiger partial charge in [0.25, 0.3) is 0 Å². The zero-order valence-electron chi connectivity index (χ0n) is 5.51. The van der Waals surface area contributed by atoms with Gasteiger partial charge in [0.05, 0.1) is 6.61 Å². The Kier molecular flexibility index (Phi) is 6.60. The van der Waals surface area contributed by atoms with Crippen LogP contribution < -0.4 is 0 Å². The van der Waals surface area contributed by atoms with E-state index in [0.717, 1.165) is 19.3 Å². The molecule has 0 heterocycles. The summed E-state index contributed by atoms with van der Waals surface area (Å²) in [5, 5.41) is 0. The van der Waals surface area contributed by atoms with Gasteiger partial charge in [0.15, 0.2) is 0 Å². The van der Waals surface area contributed by atoms with Gasteiger partial charge < -0.3 is 9.42 Å². The summed E-state index contributed by atoms with van der Waals surface area (Å²) in [6.45, 7) is 2.39. The molecule has 1 unspecified atom stereocenters. The molecule has 9 heavy (non-hydrogen) atoms. The number of hydrogen-bond donors (Lipinski definition) is 1. The molecule has 0 aliphatic rings. The average Bonchev–Trinajstić information content (AvgIpc) is 1.80. The normalized spacial score (nSPS) is 13.7. The second kappa shape index (κ2) is 6.40. The minimum Gasteiger partial charge on any atom is -0.325 e. The largest absolute Gasteiger partial charge is 0.372 e. The molecule has 0 amide bonds. The first-order valence-electron chi connectivity index (χ1n) is 3.05. The van der Waals surface area contributed by atoms with Crippen LogP contribution in [0.4, 0.5) is 4.20 Å². The second-order valence-electron chi connectivity index (χ2n) is 1.77. The van der Waals surface area contributed by atoms with Crippen LogP contribution in [0.15, 0.2) is 0 Å². The Morgan fingerprint density at radius 2 is 2.22 bits per heavy atom. The van der Waals surface area contributed by atoms with Crippen molar-refractivity contribution < 1.29 is 13.6 Å². The van der Waals surface area contributed by atoms with Gasteiger partial charge in [-0.1, -0.05) is 19.8 Å². The average molecular weight is 154 g/mol. The molecule has 0 rings (SSSR count). The van der Waals surface area contributed by atoms with Gasteiger partial charge in [-0.3, -0.25) is 0 Å². The van der Waals surface area contributed by atoms with E-state index in [9.17, 15) is 4.20 Å². The molecule has 2 nitrogen and oxygen atoms in total. The van der Waals surface area contributed by atoms with E-state index < -0.39 is 8.69 Å². The van der Waals surface area contributed by atoms with Crippen molar-refractivity contribution in [1.29, 1.82) is 0 Å². The van der Waals surface area contributed by atoms with Crippen LogP contribution in [0, 0.1) is 0 Å². The molecule has 1 atom stereocenters. The van der Waals surface area contributed by atoms with Crippen molar-refractivity contribution in [1.82, 2.24) is 0 Å². The lowest BCUT2D eigenvalue weighted by Crippen LogP contribution is -1.85. The second-order valence-corrected chi connectivity index (χ2v) is 2.48. The maximum absolute atomic E-state index is 11.5. The molecular formula is C5H12FO2P. The summed E-state index contributed by atoms with van der Waals surface area (Å²) in [7, 11) is -2.62. The van der Waals surface area contributed by atoms with Crippen molar-refractivity contribution in [3.05, 3.63) is 0 Å². The summed E-state index contributed by atoms with van der Waals surface area (Å²) >= 11 is 0. The molecule has 0 aromatic heterocycles. The smallest absolute Gasteiger partial charge is 0.325 e. The highest BCUT2D eigenvalue weighted by atomic mass is 31.2. The van der Waals surface area contributed by atoms with Crippen LogP contribution in [0.5, 0.6) is 0 Å². The molecule has 0 spiro atoms. The van der Waals surface area contributed by atoms with E-state index in [1.807, 2.05) is 0 Å². The lowest BCUT2D eigenvalue weighted by Gasteiger charge is -1.99. The van der Waals surface area contributed by atoms with Crippen LogP contribution in [0.3, 0.4) is 0 Å². The SMILES string of the molecule is CCCCCOP(O)F. The van der Waals surface area contributed by atoms with Crippen molar-refractivity contribution >= 4 is 8.69 Å². The molecule has 0 aliphatic heterocycles. The van der Waals surface area contributed by atoms with Crippen molar-refractivity contribution in [2.24, 2.45) is 0 Å². The molecule has 0 aromatic rings. The maximum atomic E-state index is 11.5. The van der Waals surface area contributed by atoms with Crippen molar-refractivity contribution in [3.8, 4) is 0 Å². The molecule has 0 fully saturated rings. The third-order valence-corrected chi connectivity index (χ3v) is 1.34. The minimum atomic E-state index is -2.62. The highest BCUT2D eigenvalue weighted by Gasteiger charge is 1.98. The van der Waals surface area contributed by atoms with E-state index in [-0.39, 0.29) is 0 Å².